The molecule has 5 heteroatoms. The van der Waals surface area contributed by atoms with Crippen molar-refractivity contribution in [2.75, 3.05) is 6.61 Å². The lowest BCUT2D eigenvalue weighted by Crippen LogP contribution is -2.08. The van der Waals surface area contributed by atoms with Gasteiger partial charge in [0.2, 0.25) is 0 Å². The van der Waals surface area contributed by atoms with Gasteiger partial charge in [0.25, 0.3) is 0 Å². The first kappa shape index (κ1) is 26.0. The third kappa shape index (κ3) is 14.0. The monoisotopic (exact) mass is 420 g/mol. The van der Waals surface area contributed by atoms with E-state index in [9.17, 15) is 9.59 Å². The average Bonchev–Trinajstić information content (AvgIpc) is 2.71. The van der Waals surface area contributed by atoms with Gasteiger partial charge in [-0.1, -0.05) is 51.9 Å². The molecule has 0 saturated carbocycles. The molecule has 0 N–H and O–H groups in total. The van der Waals surface area contributed by atoms with Gasteiger partial charge in [-0.2, -0.15) is 0 Å². The first-order valence-corrected chi connectivity index (χ1v) is 11.6. The second-order valence-electron chi connectivity index (χ2n) is 8.01. The largest absolute Gasteiger partial charge is 0.491 e. The molecule has 0 spiro atoms. The van der Waals surface area contributed by atoms with E-state index >= 15 is 0 Å². The predicted molar refractivity (Wildman–Crippen MR) is 120 cm³/mol. The predicted octanol–water partition coefficient (Wildman–Crippen LogP) is 6.62. The number of unbranched alkanes of at least 4 members (excludes halogenated alkanes) is 8. The Labute approximate surface area is 182 Å². The van der Waals surface area contributed by atoms with Gasteiger partial charge in [-0.3, -0.25) is 9.59 Å². The zero-order valence-corrected chi connectivity index (χ0v) is 19.1. The van der Waals surface area contributed by atoms with E-state index in [2.05, 4.69) is 6.92 Å². The Morgan fingerprint density at radius 2 is 1.27 bits per heavy atom. The van der Waals surface area contributed by atoms with Crippen molar-refractivity contribution in [1.29, 1.82) is 0 Å². The summed E-state index contributed by atoms with van der Waals surface area (Å²) in [6.07, 6.45) is 11.4. The van der Waals surface area contributed by atoms with Gasteiger partial charge in [0, 0.05) is 12.8 Å². The highest BCUT2D eigenvalue weighted by atomic mass is 16.5. The Balaban J connectivity index is 1.97. The van der Waals surface area contributed by atoms with Crippen LogP contribution in [0.3, 0.4) is 0 Å². The second kappa shape index (κ2) is 16.7. The zero-order valence-electron chi connectivity index (χ0n) is 19.1. The van der Waals surface area contributed by atoms with Crippen molar-refractivity contribution in [3.8, 4) is 11.5 Å². The molecule has 0 aliphatic carbocycles. The van der Waals surface area contributed by atoms with E-state index in [-0.39, 0.29) is 18.0 Å². The van der Waals surface area contributed by atoms with Gasteiger partial charge >= 0.3 is 11.9 Å². The molecule has 1 aromatic carbocycles. The molecule has 0 aliphatic rings. The molecule has 30 heavy (non-hydrogen) atoms. The molecular formula is C25H40O5. The van der Waals surface area contributed by atoms with Crippen LogP contribution in [0, 0.1) is 0 Å². The van der Waals surface area contributed by atoms with Crippen LogP contribution in [0.2, 0.25) is 0 Å². The topological polar surface area (TPSA) is 61.8 Å². The molecule has 0 aliphatic heterocycles. The minimum Gasteiger partial charge on any atom is -0.491 e. The third-order valence-corrected chi connectivity index (χ3v) is 4.70. The summed E-state index contributed by atoms with van der Waals surface area (Å²) in [5, 5.41) is 0. The molecule has 0 heterocycles. The van der Waals surface area contributed by atoms with Crippen LogP contribution < -0.4 is 9.47 Å². The van der Waals surface area contributed by atoms with Crippen LogP contribution in [0.1, 0.15) is 97.8 Å². The molecule has 0 aromatic heterocycles. The molecular weight excluding hydrogens is 380 g/mol. The lowest BCUT2D eigenvalue weighted by Gasteiger charge is -2.10. The van der Waals surface area contributed by atoms with Gasteiger partial charge in [-0.15, -0.1) is 0 Å². The Hall–Kier alpha value is -2.04. The Morgan fingerprint density at radius 3 is 1.87 bits per heavy atom. The van der Waals surface area contributed by atoms with E-state index in [1.54, 1.807) is 12.1 Å². The molecule has 0 saturated heterocycles. The van der Waals surface area contributed by atoms with Crippen LogP contribution in [0.5, 0.6) is 11.5 Å². The SMILES string of the molecule is CCCCCCOC(=O)CCCCCCCCC(=O)Oc1ccc(OC(C)C)cc1. The number of benzene rings is 1. The summed E-state index contributed by atoms with van der Waals surface area (Å²) < 4.78 is 16.2. The molecule has 0 atom stereocenters. The summed E-state index contributed by atoms with van der Waals surface area (Å²) >= 11 is 0. The lowest BCUT2D eigenvalue weighted by molar-refractivity contribution is -0.144. The van der Waals surface area contributed by atoms with Crippen LogP contribution >= 0.6 is 0 Å². The van der Waals surface area contributed by atoms with E-state index in [0.717, 1.165) is 57.1 Å². The summed E-state index contributed by atoms with van der Waals surface area (Å²) in [5.74, 6) is 1.05. The maximum absolute atomic E-state index is 11.9. The fourth-order valence-electron chi connectivity index (χ4n) is 3.07. The van der Waals surface area contributed by atoms with Crippen molar-refractivity contribution in [2.45, 2.75) is 104 Å². The molecule has 0 fully saturated rings. The highest BCUT2D eigenvalue weighted by Crippen LogP contribution is 2.19. The van der Waals surface area contributed by atoms with E-state index in [1.165, 1.54) is 12.8 Å². The summed E-state index contributed by atoms with van der Waals surface area (Å²) in [5.41, 5.74) is 0. The van der Waals surface area contributed by atoms with Gasteiger partial charge < -0.3 is 14.2 Å². The average molecular weight is 421 g/mol. The summed E-state index contributed by atoms with van der Waals surface area (Å²) in [6, 6.07) is 7.13. The van der Waals surface area contributed by atoms with E-state index < -0.39 is 0 Å². The Bertz CT molecular complexity index is 580. The molecule has 0 bridgehead atoms. The molecule has 0 unspecified atom stereocenters. The fourth-order valence-corrected chi connectivity index (χ4v) is 3.07. The van der Waals surface area contributed by atoms with Gasteiger partial charge in [0.1, 0.15) is 11.5 Å². The number of carbonyl (C=O) groups is 2. The number of carbonyl (C=O) groups excluding carboxylic acids is 2. The minimum atomic E-state index is -0.200. The molecule has 5 nitrogen and oxygen atoms in total. The molecule has 1 aromatic rings. The number of ether oxygens (including phenoxy) is 3. The summed E-state index contributed by atoms with van der Waals surface area (Å²) in [6.45, 7) is 6.67. The normalized spacial score (nSPS) is 10.8. The standard InChI is InChI=1S/C25H40O5/c1-4-5-6-13-20-28-24(26)14-11-9-7-8-10-12-15-25(27)30-23-18-16-22(17-19-23)29-21(2)3/h16-19,21H,4-15,20H2,1-3H3. The molecule has 170 valence electrons. The molecule has 0 radical (unpaired) electrons. The minimum absolute atomic E-state index is 0.0713. The maximum atomic E-state index is 11.9. The van der Waals surface area contributed by atoms with Crippen LogP contribution in [0.15, 0.2) is 24.3 Å². The number of hydrogen-bond acceptors (Lipinski definition) is 5. The number of hydrogen-bond donors (Lipinski definition) is 0. The highest BCUT2D eigenvalue weighted by molar-refractivity contribution is 5.72. The van der Waals surface area contributed by atoms with E-state index in [1.807, 2.05) is 26.0 Å². The molecule has 0 amide bonds. The van der Waals surface area contributed by atoms with Crippen LogP contribution in [0.4, 0.5) is 0 Å². The highest BCUT2D eigenvalue weighted by Gasteiger charge is 2.06. The fraction of sp³-hybridized carbons (Fsp3) is 0.680. The van der Waals surface area contributed by atoms with E-state index in [4.69, 9.17) is 14.2 Å². The van der Waals surface area contributed by atoms with Crippen molar-refractivity contribution < 1.29 is 23.8 Å². The number of esters is 2. The van der Waals surface area contributed by atoms with Gasteiger partial charge in [0.05, 0.1) is 12.7 Å². The lowest BCUT2D eigenvalue weighted by atomic mass is 10.1. The van der Waals surface area contributed by atoms with E-state index in [0.29, 0.717) is 25.2 Å². The zero-order chi connectivity index (χ0) is 22.0. The summed E-state index contributed by atoms with van der Waals surface area (Å²) in [4.78, 5) is 23.5. The smallest absolute Gasteiger partial charge is 0.311 e. The van der Waals surface area contributed by atoms with Crippen molar-refractivity contribution in [2.24, 2.45) is 0 Å². The maximum Gasteiger partial charge on any atom is 0.311 e. The van der Waals surface area contributed by atoms with Crippen LogP contribution in [0.25, 0.3) is 0 Å². The quantitative estimate of drug-likeness (QED) is 0.161. The molecule has 1 rings (SSSR count). The van der Waals surface area contributed by atoms with Crippen molar-refractivity contribution in [3.63, 3.8) is 0 Å². The third-order valence-electron chi connectivity index (χ3n) is 4.70. The van der Waals surface area contributed by atoms with Crippen LogP contribution in [-0.2, 0) is 14.3 Å². The first-order chi connectivity index (χ1) is 14.5. The summed E-state index contributed by atoms with van der Waals surface area (Å²) in [7, 11) is 0. The van der Waals surface area contributed by atoms with Crippen LogP contribution in [-0.4, -0.2) is 24.6 Å². The first-order valence-electron chi connectivity index (χ1n) is 11.6. The van der Waals surface area contributed by atoms with Gasteiger partial charge in [0.15, 0.2) is 0 Å². The number of rotatable bonds is 17. The van der Waals surface area contributed by atoms with Gasteiger partial charge in [-0.25, -0.2) is 0 Å². The Kier molecular flexibility index (Phi) is 14.5. The Morgan fingerprint density at radius 1 is 0.733 bits per heavy atom. The van der Waals surface area contributed by atoms with Crippen molar-refractivity contribution in [1.82, 2.24) is 0 Å². The second-order valence-corrected chi connectivity index (χ2v) is 8.01. The van der Waals surface area contributed by atoms with Gasteiger partial charge in [-0.05, 0) is 57.4 Å². The van der Waals surface area contributed by atoms with Crippen molar-refractivity contribution in [3.05, 3.63) is 24.3 Å². The van der Waals surface area contributed by atoms with Crippen molar-refractivity contribution >= 4 is 11.9 Å².